The first kappa shape index (κ1) is 25.4. The Balaban J connectivity index is 1.48. The SMILES string of the molecule is Cc1nc(N)c2c(n1)OC(C)(C)C(c1ccc([C@H]3CC[C@H](CNC(=O)C(C)(C)O)CC3)c(Cl)c1)=N2. The number of carbonyl (C=O) groups excluding carboxylic acids is 1. The highest BCUT2D eigenvalue weighted by Gasteiger charge is 2.36. The van der Waals surface area contributed by atoms with Crippen LogP contribution in [0.3, 0.4) is 0 Å². The topological polar surface area (TPSA) is 123 Å². The van der Waals surface area contributed by atoms with Crippen LogP contribution in [0.4, 0.5) is 11.5 Å². The van der Waals surface area contributed by atoms with Crippen LogP contribution in [0.2, 0.25) is 5.02 Å². The molecule has 35 heavy (non-hydrogen) atoms. The number of nitrogen functional groups attached to an aromatic ring is 1. The third kappa shape index (κ3) is 5.43. The summed E-state index contributed by atoms with van der Waals surface area (Å²) < 4.78 is 6.16. The van der Waals surface area contributed by atoms with E-state index in [0.717, 1.165) is 42.5 Å². The summed E-state index contributed by atoms with van der Waals surface area (Å²) in [6.45, 7) is 9.25. The number of halogens is 1. The van der Waals surface area contributed by atoms with Gasteiger partial charge in [-0.3, -0.25) is 4.79 Å². The fourth-order valence-corrected chi connectivity index (χ4v) is 5.16. The van der Waals surface area contributed by atoms with E-state index in [-0.39, 0.29) is 5.91 Å². The molecule has 1 amide bonds. The number of amides is 1. The second-order valence-electron chi connectivity index (χ2n) is 10.6. The predicted octanol–water partition coefficient (Wildman–Crippen LogP) is 4.47. The first-order valence-corrected chi connectivity index (χ1v) is 12.5. The summed E-state index contributed by atoms with van der Waals surface area (Å²) in [5.41, 5.74) is 7.20. The van der Waals surface area contributed by atoms with Crippen molar-refractivity contribution in [2.24, 2.45) is 10.9 Å². The van der Waals surface area contributed by atoms with Crippen LogP contribution < -0.4 is 15.8 Å². The number of aliphatic hydroxyl groups is 1. The van der Waals surface area contributed by atoms with Gasteiger partial charge >= 0.3 is 0 Å². The quantitative estimate of drug-likeness (QED) is 0.557. The van der Waals surface area contributed by atoms with Crippen LogP contribution in [0, 0.1) is 12.8 Å². The van der Waals surface area contributed by atoms with Gasteiger partial charge in [0, 0.05) is 17.1 Å². The molecule has 0 unspecified atom stereocenters. The van der Waals surface area contributed by atoms with E-state index in [9.17, 15) is 9.90 Å². The molecular formula is C26H34ClN5O3. The number of hydrogen-bond acceptors (Lipinski definition) is 7. The Morgan fingerprint density at radius 2 is 1.94 bits per heavy atom. The first-order chi connectivity index (χ1) is 16.3. The van der Waals surface area contributed by atoms with E-state index in [1.165, 1.54) is 13.8 Å². The molecule has 4 N–H and O–H groups in total. The summed E-state index contributed by atoms with van der Waals surface area (Å²) in [5, 5.41) is 13.4. The number of aliphatic imine (C=N–C) groups is 1. The highest BCUT2D eigenvalue weighted by molar-refractivity contribution is 6.32. The Bertz CT molecular complexity index is 1160. The first-order valence-electron chi connectivity index (χ1n) is 12.1. The number of nitrogens with two attached hydrogens (primary N) is 1. The summed E-state index contributed by atoms with van der Waals surface area (Å²) in [4.78, 5) is 25.3. The van der Waals surface area contributed by atoms with Gasteiger partial charge in [-0.15, -0.1) is 0 Å². The smallest absolute Gasteiger partial charge is 0.251 e. The van der Waals surface area contributed by atoms with Crippen molar-refractivity contribution in [1.82, 2.24) is 15.3 Å². The van der Waals surface area contributed by atoms with Crippen molar-refractivity contribution in [3.8, 4) is 5.88 Å². The lowest BCUT2D eigenvalue weighted by Crippen LogP contribution is -2.44. The molecule has 1 aromatic heterocycles. The summed E-state index contributed by atoms with van der Waals surface area (Å²) in [5.74, 6) is 1.66. The zero-order valence-corrected chi connectivity index (χ0v) is 21.7. The van der Waals surface area contributed by atoms with E-state index >= 15 is 0 Å². The molecule has 1 fully saturated rings. The summed E-state index contributed by atoms with van der Waals surface area (Å²) in [6.07, 6.45) is 3.99. The predicted molar refractivity (Wildman–Crippen MR) is 138 cm³/mol. The number of anilines is 1. The molecule has 0 spiro atoms. The fraction of sp³-hybridized carbons (Fsp3) is 0.538. The second kappa shape index (κ2) is 9.39. The van der Waals surface area contributed by atoms with Crippen LogP contribution in [0.1, 0.15) is 76.2 Å². The lowest BCUT2D eigenvalue weighted by molar-refractivity contribution is -0.136. The minimum atomic E-state index is -1.35. The molecule has 1 aromatic carbocycles. The average Bonchev–Trinajstić information content (AvgIpc) is 2.76. The van der Waals surface area contributed by atoms with Gasteiger partial charge in [-0.1, -0.05) is 23.7 Å². The molecule has 0 saturated heterocycles. The Hall–Kier alpha value is -2.71. The lowest BCUT2D eigenvalue weighted by Gasteiger charge is -2.33. The van der Waals surface area contributed by atoms with Crippen LogP contribution >= 0.6 is 11.6 Å². The third-order valence-corrected chi connectivity index (χ3v) is 7.13. The zero-order chi connectivity index (χ0) is 25.5. The van der Waals surface area contributed by atoms with Crippen molar-refractivity contribution in [3.05, 3.63) is 40.2 Å². The van der Waals surface area contributed by atoms with E-state index in [2.05, 4.69) is 21.4 Å². The summed E-state index contributed by atoms with van der Waals surface area (Å²) in [7, 11) is 0. The zero-order valence-electron chi connectivity index (χ0n) is 21.0. The number of fused-ring (bicyclic) bond motifs is 1. The number of aromatic nitrogens is 2. The van der Waals surface area contributed by atoms with E-state index in [4.69, 9.17) is 27.1 Å². The maximum Gasteiger partial charge on any atom is 0.251 e. The van der Waals surface area contributed by atoms with Gasteiger partial charge in [0.2, 0.25) is 5.88 Å². The Kier molecular flexibility index (Phi) is 6.81. The van der Waals surface area contributed by atoms with Crippen LogP contribution in [0.5, 0.6) is 5.88 Å². The van der Waals surface area contributed by atoms with Gasteiger partial charge in [0.1, 0.15) is 17.0 Å². The molecule has 8 nitrogen and oxygen atoms in total. The molecule has 0 bridgehead atoms. The van der Waals surface area contributed by atoms with Crippen LogP contribution in [-0.4, -0.2) is 44.4 Å². The fourth-order valence-electron chi connectivity index (χ4n) is 4.82. The van der Waals surface area contributed by atoms with Crippen molar-refractivity contribution in [3.63, 3.8) is 0 Å². The minimum Gasteiger partial charge on any atom is -0.463 e. The van der Waals surface area contributed by atoms with Crippen molar-refractivity contribution in [2.75, 3.05) is 12.3 Å². The number of rotatable bonds is 5. The largest absolute Gasteiger partial charge is 0.463 e. The summed E-state index contributed by atoms with van der Waals surface area (Å²) >= 11 is 6.79. The Morgan fingerprint density at radius 1 is 1.26 bits per heavy atom. The maximum absolute atomic E-state index is 11.9. The molecule has 1 saturated carbocycles. The number of ether oxygens (including phenoxy) is 1. The number of aryl methyl sites for hydroxylation is 1. The molecular weight excluding hydrogens is 466 g/mol. The standard InChI is InChI=1S/C26H34ClN5O3/c1-14-30-22(28)20-23(31-14)35-26(4,5)21(32-20)17-10-11-18(19(27)12-17)16-8-6-15(7-9-16)13-29-24(33)25(2,3)34/h10-12,15-16,34H,6-9,13H2,1-5H3,(H,29,33)(H2,28,30,31)/t15-,16-. The number of carbonyl (C=O) groups is 1. The molecule has 0 atom stereocenters. The highest BCUT2D eigenvalue weighted by atomic mass is 35.5. The molecule has 9 heteroatoms. The Morgan fingerprint density at radius 3 is 2.57 bits per heavy atom. The summed E-state index contributed by atoms with van der Waals surface area (Å²) in [6, 6.07) is 6.07. The molecule has 2 aliphatic rings. The minimum absolute atomic E-state index is 0.290. The molecule has 2 aromatic rings. The highest BCUT2D eigenvalue weighted by Crippen LogP contribution is 2.42. The average molecular weight is 500 g/mol. The van der Waals surface area contributed by atoms with Crippen molar-refractivity contribution < 1.29 is 14.6 Å². The number of benzene rings is 1. The molecule has 1 aliphatic carbocycles. The van der Waals surface area contributed by atoms with Crippen LogP contribution in [0.25, 0.3) is 0 Å². The molecule has 1 aliphatic heterocycles. The van der Waals surface area contributed by atoms with Crippen LogP contribution in [-0.2, 0) is 4.79 Å². The molecule has 0 radical (unpaired) electrons. The molecule has 4 rings (SSSR count). The third-order valence-electron chi connectivity index (χ3n) is 6.80. The van der Waals surface area contributed by atoms with Gasteiger partial charge in [0.05, 0.1) is 5.71 Å². The van der Waals surface area contributed by atoms with Crippen molar-refractivity contribution >= 4 is 34.7 Å². The lowest BCUT2D eigenvalue weighted by atomic mass is 9.78. The van der Waals surface area contributed by atoms with E-state index < -0.39 is 11.2 Å². The normalized spacial score (nSPS) is 21.5. The van der Waals surface area contributed by atoms with E-state index in [1.807, 2.05) is 26.0 Å². The van der Waals surface area contributed by atoms with E-state index in [1.54, 1.807) is 6.92 Å². The Labute approximate surface area is 211 Å². The number of nitrogens with one attached hydrogen (secondary N) is 1. The number of nitrogens with zero attached hydrogens (tertiary/aromatic N) is 3. The van der Waals surface area contributed by atoms with Gasteiger partial charge in [-0.2, -0.15) is 4.98 Å². The van der Waals surface area contributed by atoms with Gasteiger partial charge in [0.15, 0.2) is 11.5 Å². The maximum atomic E-state index is 11.9. The van der Waals surface area contributed by atoms with Crippen LogP contribution in [0.15, 0.2) is 23.2 Å². The number of hydrogen-bond donors (Lipinski definition) is 3. The van der Waals surface area contributed by atoms with Gasteiger partial charge in [-0.25, -0.2) is 9.98 Å². The van der Waals surface area contributed by atoms with Gasteiger partial charge < -0.3 is 20.9 Å². The molecule has 2 heterocycles. The van der Waals surface area contributed by atoms with Crippen molar-refractivity contribution in [2.45, 2.75) is 77.4 Å². The van der Waals surface area contributed by atoms with Gasteiger partial charge in [0.25, 0.3) is 5.91 Å². The second-order valence-corrected chi connectivity index (χ2v) is 11.0. The van der Waals surface area contributed by atoms with Crippen molar-refractivity contribution in [1.29, 1.82) is 0 Å². The monoisotopic (exact) mass is 499 g/mol. The van der Waals surface area contributed by atoms with E-state index in [0.29, 0.717) is 46.6 Å². The molecule has 188 valence electrons. The van der Waals surface area contributed by atoms with Gasteiger partial charge in [-0.05, 0) is 83.8 Å².